The normalized spacial score (nSPS) is 12.2. The van der Waals surface area contributed by atoms with Gasteiger partial charge in [-0.3, -0.25) is 4.79 Å². The number of aryl methyl sites for hydroxylation is 1. The highest BCUT2D eigenvalue weighted by atomic mass is 79.9. The molecule has 82 valence electrons. The van der Waals surface area contributed by atoms with Gasteiger partial charge in [0.2, 0.25) is 5.91 Å². The van der Waals surface area contributed by atoms with Gasteiger partial charge >= 0.3 is 0 Å². The zero-order valence-corrected chi connectivity index (χ0v) is 10.7. The molecule has 0 aliphatic heterocycles. The number of hydrogen-bond donors (Lipinski definition) is 1. The lowest BCUT2D eigenvalue weighted by Crippen LogP contribution is -2.34. The Morgan fingerprint density at radius 2 is 2.27 bits per heavy atom. The molecule has 1 rings (SSSR count). The molecule has 0 saturated heterocycles. The third-order valence-electron chi connectivity index (χ3n) is 2.15. The second-order valence-electron chi connectivity index (χ2n) is 3.80. The van der Waals surface area contributed by atoms with Gasteiger partial charge in [0.1, 0.15) is 0 Å². The Morgan fingerprint density at radius 3 is 2.87 bits per heavy atom. The highest BCUT2D eigenvalue weighted by Gasteiger charge is 2.06. The molecule has 1 amide bonds. The first-order valence-electron chi connectivity index (χ1n) is 5.02. The molecular formula is C12H16BrNO. The van der Waals surface area contributed by atoms with E-state index in [4.69, 9.17) is 0 Å². The number of amides is 1. The van der Waals surface area contributed by atoms with Crippen LogP contribution in [0.15, 0.2) is 24.3 Å². The molecule has 0 bridgehead atoms. The van der Waals surface area contributed by atoms with Crippen LogP contribution in [-0.4, -0.2) is 17.3 Å². The van der Waals surface area contributed by atoms with Gasteiger partial charge in [-0.2, -0.15) is 0 Å². The van der Waals surface area contributed by atoms with Gasteiger partial charge in [-0.05, 0) is 25.8 Å². The monoisotopic (exact) mass is 269 g/mol. The molecule has 0 aliphatic rings. The minimum atomic E-state index is 0.0372. The van der Waals surface area contributed by atoms with Gasteiger partial charge in [0.05, 0.1) is 5.33 Å². The predicted octanol–water partition coefficient (Wildman–Crippen LogP) is 2.44. The van der Waals surface area contributed by atoms with Crippen molar-refractivity contribution < 1.29 is 4.79 Å². The molecule has 15 heavy (non-hydrogen) atoms. The molecule has 1 aromatic rings. The summed E-state index contributed by atoms with van der Waals surface area (Å²) in [5, 5.41) is 3.28. The second kappa shape index (κ2) is 5.91. The highest BCUT2D eigenvalue weighted by molar-refractivity contribution is 9.09. The van der Waals surface area contributed by atoms with Crippen LogP contribution in [0, 0.1) is 6.92 Å². The second-order valence-corrected chi connectivity index (χ2v) is 4.36. The topological polar surface area (TPSA) is 29.1 Å². The fourth-order valence-electron chi connectivity index (χ4n) is 1.56. The molecule has 1 aromatic carbocycles. The summed E-state index contributed by atoms with van der Waals surface area (Å²) in [7, 11) is 0. The maximum atomic E-state index is 11.1. The molecular weight excluding hydrogens is 254 g/mol. The summed E-state index contributed by atoms with van der Waals surface area (Å²) in [4.78, 5) is 11.1. The summed E-state index contributed by atoms with van der Waals surface area (Å²) in [5.41, 5.74) is 2.52. The van der Waals surface area contributed by atoms with Crippen molar-refractivity contribution in [1.29, 1.82) is 0 Å². The Labute approximate surface area is 99.2 Å². The van der Waals surface area contributed by atoms with E-state index in [2.05, 4.69) is 46.4 Å². The van der Waals surface area contributed by atoms with Gasteiger partial charge < -0.3 is 5.32 Å². The average Bonchev–Trinajstić information content (AvgIpc) is 2.17. The highest BCUT2D eigenvalue weighted by Crippen LogP contribution is 2.06. The SMILES string of the molecule is Cc1cccc(CC(C)NC(=O)CBr)c1. The number of carbonyl (C=O) groups is 1. The van der Waals surface area contributed by atoms with Crippen molar-refractivity contribution in [1.82, 2.24) is 5.32 Å². The fourth-order valence-corrected chi connectivity index (χ4v) is 1.72. The number of carbonyl (C=O) groups excluding carboxylic acids is 1. The number of rotatable bonds is 4. The van der Waals surface area contributed by atoms with Crippen LogP contribution in [0.3, 0.4) is 0 Å². The van der Waals surface area contributed by atoms with E-state index in [1.165, 1.54) is 11.1 Å². The van der Waals surface area contributed by atoms with E-state index in [1.807, 2.05) is 13.0 Å². The minimum Gasteiger partial charge on any atom is -0.353 e. The van der Waals surface area contributed by atoms with Crippen LogP contribution in [0.25, 0.3) is 0 Å². The fraction of sp³-hybridized carbons (Fsp3) is 0.417. The lowest BCUT2D eigenvalue weighted by molar-refractivity contribution is -0.119. The summed E-state index contributed by atoms with van der Waals surface area (Å²) in [6.45, 7) is 4.09. The number of nitrogens with one attached hydrogen (secondary N) is 1. The minimum absolute atomic E-state index is 0.0372. The van der Waals surface area contributed by atoms with E-state index >= 15 is 0 Å². The van der Waals surface area contributed by atoms with Crippen molar-refractivity contribution in [2.75, 3.05) is 5.33 Å². The first kappa shape index (κ1) is 12.2. The van der Waals surface area contributed by atoms with Crippen molar-refractivity contribution in [3.05, 3.63) is 35.4 Å². The molecule has 2 nitrogen and oxygen atoms in total. The molecule has 0 aliphatic carbocycles. The van der Waals surface area contributed by atoms with Crippen molar-refractivity contribution >= 4 is 21.8 Å². The van der Waals surface area contributed by atoms with Gasteiger partial charge in [0.15, 0.2) is 0 Å². The zero-order valence-electron chi connectivity index (χ0n) is 9.09. The van der Waals surface area contributed by atoms with Crippen molar-refractivity contribution in [2.45, 2.75) is 26.3 Å². The Bertz CT molecular complexity index is 338. The van der Waals surface area contributed by atoms with Crippen molar-refractivity contribution in [2.24, 2.45) is 0 Å². The van der Waals surface area contributed by atoms with Crippen LogP contribution in [0.4, 0.5) is 0 Å². The molecule has 0 saturated carbocycles. The molecule has 0 heterocycles. The summed E-state index contributed by atoms with van der Waals surface area (Å²) >= 11 is 3.13. The number of hydrogen-bond acceptors (Lipinski definition) is 1. The van der Waals surface area contributed by atoms with Crippen LogP contribution in [0.5, 0.6) is 0 Å². The first-order chi connectivity index (χ1) is 7.11. The van der Waals surface area contributed by atoms with Crippen molar-refractivity contribution in [3.63, 3.8) is 0 Å². The third-order valence-corrected chi connectivity index (χ3v) is 2.66. The van der Waals surface area contributed by atoms with Crippen molar-refractivity contribution in [3.8, 4) is 0 Å². The Kier molecular flexibility index (Phi) is 4.82. The van der Waals surface area contributed by atoms with E-state index in [9.17, 15) is 4.79 Å². The molecule has 3 heteroatoms. The molecule has 1 unspecified atom stereocenters. The van der Waals surface area contributed by atoms with Gasteiger partial charge in [0, 0.05) is 6.04 Å². The molecule has 0 radical (unpaired) electrons. The average molecular weight is 270 g/mol. The van der Waals surface area contributed by atoms with Gasteiger partial charge in [-0.15, -0.1) is 0 Å². The first-order valence-corrected chi connectivity index (χ1v) is 6.15. The quantitative estimate of drug-likeness (QED) is 0.836. The van der Waals surface area contributed by atoms with Gasteiger partial charge in [-0.1, -0.05) is 45.8 Å². The molecule has 0 spiro atoms. The van der Waals surface area contributed by atoms with E-state index in [0.29, 0.717) is 5.33 Å². The molecule has 0 fully saturated rings. The Morgan fingerprint density at radius 1 is 1.53 bits per heavy atom. The lowest BCUT2D eigenvalue weighted by atomic mass is 10.1. The van der Waals surface area contributed by atoms with Gasteiger partial charge in [-0.25, -0.2) is 0 Å². The van der Waals surface area contributed by atoms with Crippen LogP contribution >= 0.6 is 15.9 Å². The number of alkyl halides is 1. The van der Waals surface area contributed by atoms with E-state index < -0.39 is 0 Å². The number of benzene rings is 1. The Hall–Kier alpha value is -0.830. The van der Waals surface area contributed by atoms with Crippen LogP contribution in [0.1, 0.15) is 18.1 Å². The standard InChI is InChI=1S/C12H16BrNO/c1-9-4-3-5-11(6-9)7-10(2)14-12(15)8-13/h3-6,10H,7-8H2,1-2H3,(H,14,15). The third kappa shape index (κ3) is 4.47. The van der Waals surface area contributed by atoms with E-state index in [-0.39, 0.29) is 11.9 Å². The summed E-state index contributed by atoms with van der Waals surface area (Å²) in [6.07, 6.45) is 0.875. The summed E-state index contributed by atoms with van der Waals surface area (Å²) < 4.78 is 0. The van der Waals surface area contributed by atoms with E-state index in [0.717, 1.165) is 6.42 Å². The van der Waals surface area contributed by atoms with Crippen LogP contribution in [-0.2, 0) is 11.2 Å². The predicted molar refractivity (Wildman–Crippen MR) is 66.3 cm³/mol. The van der Waals surface area contributed by atoms with E-state index in [1.54, 1.807) is 0 Å². The van der Waals surface area contributed by atoms with Gasteiger partial charge in [0.25, 0.3) is 0 Å². The maximum Gasteiger partial charge on any atom is 0.230 e. The van der Waals surface area contributed by atoms with Crippen LogP contribution in [0.2, 0.25) is 0 Å². The zero-order chi connectivity index (χ0) is 11.3. The molecule has 1 atom stereocenters. The summed E-state index contributed by atoms with van der Waals surface area (Å²) in [5.74, 6) is 0.0372. The summed E-state index contributed by atoms with van der Waals surface area (Å²) in [6, 6.07) is 8.53. The maximum absolute atomic E-state index is 11.1. The number of halogens is 1. The molecule has 1 N–H and O–H groups in total. The smallest absolute Gasteiger partial charge is 0.230 e. The lowest BCUT2D eigenvalue weighted by Gasteiger charge is -2.13. The Balaban J connectivity index is 2.51. The largest absolute Gasteiger partial charge is 0.353 e. The molecule has 0 aromatic heterocycles. The van der Waals surface area contributed by atoms with Crippen LogP contribution < -0.4 is 5.32 Å².